The smallest absolute Gasteiger partial charge is 0.192 e. The fourth-order valence-corrected chi connectivity index (χ4v) is 9.45. The topological polar surface area (TPSA) is 40.0 Å². The van der Waals surface area contributed by atoms with Crippen LogP contribution in [0.5, 0.6) is 0 Å². The third-order valence-electron chi connectivity index (χ3n) is 12.5. The largest absolute Gasteiger partial charge is 0.294 e. The van der Waals surface area contributed by atoms with Gasteiger partial charge in [-0.15, -0.1) is 0 Å². The summed E-state index contributed by atoms with van der Waals surface area (Å²) in [5, 5.41) is 4.40. The minimum Gasteiger partial charge on any atom is -0.294 e. The third-order valence-corrected chi connectivity index (χ3v) is 12.5. The van der Waals surface area contributed by atoms with Crippen LogP contribution in [0.1, 0.15) is 74.9 Å². The molecule has 0 fully saturated rings. The van der Waals surface area contributed by atoms with E-state index in [-0.39, 0.29) is 10.8 Å². The van der Waals surface area contributed by atoms with Gasteiger partial charge in [0.05, 0.1) is 34.1 Å². The van der Waals surface area contributed by atoms with Crippen LogP contribution in [-0.2, 0) is 16.2 Å². The molecule has 0 aliphatic rings. The van der Waals surface area contributed by atoms with Gasteiger partial charge in [-0.2, -0.15) is 0 Å². The fourth-order valence-electron chi connectivity index (χ4n) is 9.45. The average molecular weight is 790 g/mol. The van der Waals surface area contributed by atoms with Crippen molar-refractivity contribution in [3.8, 4) is 11.6 Å². The van der Waals surface area contributed by atoms with Crippen molar-refractivity contribution in [2.45, 2.75) is 57.8 Å². The molecule has 0 amide bonds. The minimum absolute atomic E-state index is 0.0573. The molecule has 0 bridgehead atoms. The predicted octanol–water partition coefficient (Wildman–Crippen LogP) is 14.2. The lowest BCUT2D eigenvalue weighted by atomic mass is 9.64. The van der Waals surface area contributed by atoms with Crippen LogP contribution < -0.4 is 0 Å². The molecule has 10 aromatic rings. The van der Waals surface area contributed by atoms with Gasteiger partial charge in [-0.1, -0.05) is 151 Å². The molecule has 4 aromatic heterocycles. The van der Waals surface area contributed by atoms with Crippen molar-refractivity contribution in [1.82, 2.24) is 19.1 Å². The van der Waals surface area contributed by atoms with Crippen molar-refractivity contribution in [3.05, 3.63) is 221 Å². The van der Waals surface area contributed by atoms with Crippen LogP contribution in [0.4, 0.5) is 5.69 Å². The van der Waals surface area contributed by atoms with Crippen LogP contribution in [0.3, 0.4) is 0 Å². The molecule has 5 nitrogen and oxygen atoms in total. The van der Waals surface area contributed by atoms with E-state index in [1.54, 1.807) is 0 Å². The molecule has 0 aliphatic heterocycles. The molecule has 5 heteroatoms. The third kappa shape index (κ3) is 6.05. The Morgan fingerprint density at radius 1 is 0.410 bits per heavy atom. The Hall–Kier alpha value is -7.29. The van der Waals surface area contributed by atoms with Crippen molar-refractivity contribution in [1.29, 1.82) is 0 Å². The monoisotopic (exact) mass is 789 g/mol. The van der Waals surface area contributed by atoms with Gasteiger partial charge < -0.3 is 0 Å². The molecule has 4 heterocycles. The van der Waals surface area contributed by atoms with E-state index < -0.39 is 5.41 Å². The minimum atomic E-state index is -0.922. The van der Waals surface area contributed by atoms with E-state index in [0.717, 1.165) is 77.5 Å². The predicted molar refractivity (Wildman–Crippen MR) is 253 cm³/mol. The highest BCUT2D eigenvalue weighted by Gasteiger charge is 2.41. The molecule has 61 heavy (non-hydrogen) atoms. The molecule has 296 valence electrons. The number of rotatable bonds is 6. The van der Waals surface area contributed by atoms with Crippen LogP contribution in [0.2, 0.25) is 0 Å². The first-order chi connectivity index (χ1) is 29.5. The summed E-state index contributed by atoms with van der Waals surface area (Å²) in [5.41, 5.74) is 10.2. The maximum Gasteiger partial charge on any atom is 0.192 e. The second-order valence-corrected chi connectivity index (χ2v) is 18.2. The van der Waals surface area contributed by atoms with E-state index in [1.807, 2.05) is 12.4 Å². The zero-order valence-electron chi connectivity index (χ0n) is 35.5. The Morgan fingerprint density at radius 3 is 1.38 bits per heavy atom. The molecule has 0 unspecified atom stereocenters. The molecule has 0 saturated carbocycles. The van der Waals surface area contributed by atoms with Gasteiger partial charge in [-0.05, 0) is 104 Å². The van der Waals surface area contributed by atoms with E-state index >= 15 is 0 Å². The van der Waals surface area contributed by atoms with Crippen LogP contribution in [-0.4, -0.2) is 19.1 Å². The summed E-state index contributed by atoms with van der Waals surface area (Å²) in [6.45, 7) is 22.4. The maximum absolute atomic E-state index is 8.92. The molecule has 0 radical (unpaired) electrons. The molecule has 0 aliphatic carbocycles. The molecule has 0 atom stereocenters. The van der Waals surface area contributed by atoms with E-state index in [9.17, 15) is 0 Å². The van der Waals surface area contributed by atoms with Crippen molar-refractivity contribution < 1.29 is 0 Å². The van der Waals surface area contributed by atoms with Gasteiger partial charge in [0.2, 0.25) is 0 Å². The number of hydrogen-bond donors (Lipinski definition) is 0. The molecular formula is C56H47N5. The normalized spacial score (nSPS) is 12.4. The van der Waals surface area contributed by atoms with E-state index in [1.165, 1.54) is 11.1 Å². The highest BCUT2D eigenvalue weighted by molar-refractivity contribution is 6.12. The summed E-state index contributed by atoms with van der Waals surface area (Å²) < 4.78 is 4.60. The second-order valence-electron chi connectivity index (χ2n) is 18.2. The number of fused-ring (bicyclic) bond motifs is 6. The van der Waals surface area contributed by atoms with Gasteiger partial charge in [0.25, 0.3) is 0 Å². The van der Waals surface area contributed by atoms with E-state index in [4.69, 9.17) is 16.5 Å². The quantitative estimate of drug-likeness (QED) is 0.124. The van der Waals surface area contributed by atoms with Crippen molar-refractivity contribution in [3.63, 3.8) is 0 Å². The summed E-state index contributed by atoms with van der Waals surface area (Å²) >= 11 is 0. The summed E-state index contributed by atoms with van der Waals surface area (Å²) in [6.07, 6.45) is 3.85. The number of benzene rings is 6. The molecular weight excluding hydrogens is 743 g/mol. The number of hydrogen-bond acceptors (Lipinski definition) is 2. The lowest BCUT2D eigenvalue weighted by Crippen LogP contribution is -2.31. The van der Waals surface area contributed by atoms with Crippen molar-refractivity contribution in [2.24, 2.45) is 0 Å². The number of pyridine rings is 2. The summed E-state index contributed by atoms with van der Waals surface area (Å²) in [5.74, 6) is 1.72. The van der Waals surface area contributed by atoms with Gasteiger partial charge in [0, 0.05) is 28.6 Å². The zero-order chi connectivity index (χ0) is 42.1. The highest BCUT2D eigenvalue weighted by Crippen LogP contribution is 2.51. The summed E-state index contributed by atoms with van der Waals surface area (Å²) in [6, 6.07) is 58.5. The van der Waals surface area contributed by atoms with Gasteiger partial charge >= 0.3 is 0 Å². The number of para-hydroxylation sites is 2. The van der Waals surface area contributed by atoms with E-state index in [0.29, 0.717) is 5.69 Å². The Balaban J connectivity index is 1.36. The highest BCUT2D eigenvalue weighted by atomic mass is 15.1. The number of nitrogens with zero attached hydrogens (tertiary/aromatic N) is 5. The summed E-state index contributed by atoms with van der Waals surface area (Å²) in [4.78, 5) is 14.4. The first-order valence-corrected chi connectivity index (χ1v) is 21.0. The van der Waals surface area contributed by atoms with Crippen LogP contribution >= 0.6 is 0 Å². The van der Waals surface area contributed by atoms with Crippen molar-refractivity contribution in [2.75, 3.05) is 0 Å². The summed E-state index contributed by atoms with van der Waals surface area (Å²) in [7, 11) is 0. The van der Waals surface area contributed by atoms with Gasteiger partial charge in [0.1, 0.15) is 11.6 Å². The Bertz CT molecular complexity index is 3290. The molecule has 0 spiro atoms. The lowest BCUT2D eigenvalue weighted by Gasteiger charge is -2.38. The maximum atomic E-state index is 8.92. The SMILES string of the molecule is [C-]#[N+]c1cc2c3ccccc3n(-c3cc(C(C)(C)C)ccn3)c2cc1C(c1ccccc1)(c1ccccc1)c1ccc2c3ccccc3n(-c3cc(C(C)(C)C)ccn3)c2c1. The van der Waals surface area contributed by atoms with Crippen LogP contribution in [0, 0.1) is 6.57 Å². The number of aromatic nitrogens is 4. The Morgan fingerprint density at radius 2 is 0.869 bits per heavy atom. The second kappa shape index (κ2) is 14.2. The van der Waals surface area contributed by atoms with E-state index in [2.05, 4.69) is 219 Å². The standard InChI is InChI=1S/C56H47N5/c1-54(2,3)39-28-30-58-52(33-39)60-48-24-16-14-22-42(48)44-27-26-41(32-50(44)60)56(37-18-10-8-11-19-37,38-20-12-9-13-21-38)46-36-51-45(35-47(46)57-7)43-23-15-17-25-49(43)61(51)53-34-40(29-31-59-53)55(4,5)6/h8-36H,1-6H3. The first-order valence-electron chi connectivity index (χ1n) is 21.0. The first kappa shape index (κ1) is 37.9. The average Bonchev–Trinajstić information content (AvgIpc) is 3.79. The Kier molecular flexibility index (Phi) is 8.82. The molecule has 0 N–H and O–H groups in total. The van der Waals surface area contributed by atoms with Crippen LogP contribution in [0.15, 0.2) is 176 Å². The van der Waals surface area contributed by atoms with Crippen molar-refractivity contribution >= 4 is 49.3 Å². The van der Waals surface area contributed by atoms with Gasteiger partial charge in [0.15, 0.2) is 5.69 Å². The van der Waals surface area contributed by atoms with Gasteiger partial charge in [-0.25, -0.2) is 14.8 Å². The van der Waals surface area contributed by atoms with Crippen LogP contribution in [0.25, 0.3) is 60.1 Å². The molecule has 10 rings (SSSR count). The zero-order valence-corrected chi connectivity index (χ0v) is 35.5. The molecule has 6 aromatic carbocycles. The Labute approximate surface area is 357 Å². The lowest BCUT2D eigenvalue weighted by molar-refractivity contribution is 0.588. The van der Waals surface area contributed by atoms with Gasteiger partial charge in [-0.3, -0.25) is 9.13 Å². The fraction of sp³-hybridized carbons (Fsp3) is 0.161. The molecule has 0 saturated heterocycles.